The van der Waals surface area contributed by atoms with E-state index in [-0.39, 0.29) is 24.9 Å². The highest BCUT2D eigenvalue weighted by atomic mass is 32.2. The molecule has 2 fully saturated rings. The van der Waals surface area contributed by atoms with Gasteiger partial charge in [0, 0.05) is 30.2 Å². The summed E-state index contributed by atoms with van der Waals surface area (Å²) in [7, 11) is -2.30. The van der Waals surface area contributed by atoms with E-state index in [0.29, 0.717) is 12.0 Å². The second-order valence-corrected chi connectivity index (χ2v) is 20.7. The van der Waals surface area contributed by atoms with Crippen LogP contribution in [0.5, 0.6) is 0 Å². The monoisotopic (exact) mass is 760 g/mol. The molecule has 2 aliphatic rings. The topological polar surface area (TPSA) is 127 Å². The van der Waals surface area contributed by atoms with Crippen molar-refractivity contribution in [2.45, 2.75) is 87.6 Å². The number of ether oxygens (including phenoxy) is 4. The van der Waals surface area contributed by atoms with Crippen LogP contribution in [0.3, 0.4) is 0 Å². The summed E-state index contributed by atoms with van der Waals surface area (Å²) in [5.41, 5.74) is 2.42. The normalized spacial score (nSPS) is 22.1. The Balaban J connectivity index is 1.16. The Bertz CT molecular complexity index is 1850. The van der Waals surface area contributed by atoms with E-state index >= 15 is 0 Å². The van der Waals surface area contributed by atoms with Crippen LogP contribution in [-0.4, -0.2) is 68.3 Å². The molecule has 282 valence electrons. The minimum Gasteiger partial charge on any atom is -0.431 e. The fourth-order valence-electron chi connectivity index (χ4n) is 6.32. The third-order valence-corrected chi connectivity index (χ3v) is 16.1. The Morgan fingerprint density at radius 2 is 1.42 bits per heavy atom. The summed E-state index contributed by atoms with van der Waals surface area (Å²) in [4.78, 5) is 40.4. The quantitative estimate of drug-likeness (QED) is 0.0692. The molecule has 5 atom stereocenters. The van der Waals surface area contributed by atoms with Gasteiger partial charge in [-0.25, -0.2) is 9.59 Å². The lowest BCUT2D eigenvalue weighted by molar-refractivity contribution is -0.0653. The average molecular weight is 761 g/mol. The van der Waals surface area contributed by atoms with Gasteiger partial charge in [0.2, 0.25) is 0 Å². The molecule has 2 saturated heterocycles. The number of carbonyl (C=O) groups is 1. The van der Waals surface area contributed by atoms with Gasteiger partial charge in [-0.05, 0) is 41.7 Å². The summed E-state index contributed by atoms with van der Waals surface area (Å²) in [6, 6.07) is 30.5. The van der Waals surface area contributed by atoms with Gasteiger partial charge >= 0.3 is 11.8 Å². The predicted molar refractivity (Wildman–Crippen MR) is 205 cm³/mol. The summed E-state index contributed by atoms with van der Waals surface area (Å²) in [5.74, 6) is 0. The van der Waals surface area contributed by atoms with Gasteiger partial charge in [0.05, 0.1) is 19.3 Å². The first-order valence-electron chi connectivity index (χ1n) is 17.9. The van der Waals surface area contributed by atoms with Crippen LogP contribution in [0.25, 0.3) is 0 Å². The van der Waals surface area contributed by atoms with Crippen LogP contribution in [0.2, 0.25) is 18.1 Å². The Morgan fingerprint density at radius 1 is 0.868 bits per heavy atom. The average Bonchev–Trinajstić information content (AvgIpc) is 3.75. The van der Waals surface area contributed by atoms with Crippen LogP contribution in [0, 0.1) is 6.92 Å². The van der Waals surface area contributed by atoms with Crippen molar-refractivity contribution in [3.05, 3.63) is 140 Å². The number of H-pyrrole nitrogens is 1. The number of nitrogens with zero attached hydrogens (tertiary/aromatic N) is 1. The zero-order chi connectivity index (χ0) is 37.8. The highest BCUT2D eigenvalue weighted by Gasteiger charge is 2.46. The van der Waals surface area contributed by atoms with Gasteiger partial charge in [-0.1, -0.05) is 112 Å². The molecule has 3 aromatic carbocycles. The fraction of sp³-hybridized carbons (Fsp3) is 0.425. The number of aromatic nitrogens is 2. The molecule has 2 aliphatic heterocycles. The van der Waals surface area contributed by atoms with Crippen molar-refractivity contribution in [3.8, 4) is 0 Å². The third kappa shape index (κ3) is 8.56. The first-order chi connectivity index (χ1) is 25.3. The van der Waals surface area contributed by atoms with E-state index in [2.05, 4.69) is 75.2 Å². The number of nitrogens with one attached hydrogen (secondary N) is 1. The predicted octanol–water partition coefficient (Wildman–Crippen LogP) is 7.10. The van der Waals surface area contributed by atoms with E-state index in [1.807, 2.05) is 54.6 Å². The molecule has 2 unspecified atom stereocenters. The molecule has 0 aliphatic carbocycles. The molecular weight excluding hydrogens is 713 g/mol. The molecule has 53 heavy (non-hydrogen) atoms. The molecule has 13 heteroatoms. The molecule has 11 nitrogen and oxygen atoms in total. The van der Waals surface area contributed by atoms with E-state index in [1.165, 1.54) is 22.8 Å². The van der Waals surface area contributed by atoms with Gasteiger partial charge in [0.1, 0.15) is 29.8 Å². The minimum absolute atomic E-state index is 0.102. The molecule has 0 spiro atoms. The van der Waals surface area contributed by atoms with Crippen LogP contribution in [0.15, 0.2) is 107 Å². The number of aryl methyl sites for hydroxylation is 1. The SMILES string of the molecule is Cc1cn([C@H]2C[C@H](O[Si](C)(C)C(C)(C)C)[C@@H](COC(=O)OC3COCC3OSC(c3ccccc3)(c3ccccc3)c3ccccc3)O2)c(=O)[nH]c1=O. The molecule has 1 aromatic heterocycles. The molecule has 0 amide bonds. The van der Waals surface area contributed by atoms with Crippen molar-refractivity contribution in [3.63, 3.8) is 0 Å². The Hall–Kier alpha value is -3.98. The van der Waals surface area contributed by atoms with Gasteiger partial charge in [-0.3, -0.25) is 14.3 Å². The van der Waals surface area contributed by atoms with E-state index in [9.17, 15) is 14.4 Å². The summed E-state index contributed by atoms with van der Waals surface area (Å²) < 4.78 is 37.4. The van der Waals surface area contributed by atoms with Crippen molar-refractivity contribution >= 4 is 26.5 Å². The highest BCUT2D eigenvalue weighted by Crippen LogP contribution is 2.49. The molecule has 1 N–H and O–H groups in total. The third-order valence-electron chi connectivity index (χ3n) is 10.3. The number of carbonyl (C=O) groups excluding carboxylic acids is 1. The van der Waals surface area contributed by atoms with Crippen molar-refractivity contribution in [2.75, 3.05) is 19.8 Å². The molecular formula is C40H48N2O9SSi. The van der Waals surface area contributed by atoms with Crippen LogP contribution in [0.1, 0.15) is 55.7 Å². The highest BCUT2D eigenvalue weighted by molar-refractivity contribution is 7.96. The second kappa shape index (κ2) is 16.2. The number of benzene rings is 3. The number of hydrogen-bond acceptors (Lipinski definition) is 10. The Labute approximate surface area is 315 Å². The Morgan fingerprint density at radius 3 is 1.96 bits per heavy atom. The van der Waals surface area contributed by atoms with E-state index < -0.39 is 61.1 Å². The summed E-state index contributed by atoms with van der Waals surface area (Å²) >= 11 is 1.30. The maximum atomic E-state index is 13.3. The maximum Gasteiger partial charge on any atom is 0.508 e. The van der Waals surface area contributed by atoms with E-state index in [1.54, 1.807) is 6.92 Å². The van der Waals surface area contributed by atoms with Crippen molar-refractivity contribution in [2.24, 2.45) is 0 Å². The Kier molecular flexibility index (Phi) is 11.8. The van der Waals surface area contributed by atoms with Crippen molar-refractivity contribution in [1.82, 2.24) is 9.55 Å². The number of hydrogen-bond donors (Lipinski definition) is 1. The zero-order valence-corrected chi connectivity index (χ0v) is 32.8. The molecule has 0 bridgehead atoms. The van der Waals surface area contributed by atoms with Gasteiger partial charge in [-0.2, -0.15) is 0 Å². The van der Waals surface area contributed by atoms with Gasteiger partial charge in [0.25, 0.3) is 5.56 Å². The van der Waals surface area contributed by atoms with Gasteiger partial charge in [0.15, 0.2) is 14.4 Å². The van der Waals surface area contributed by atoms with Crippen LogP contribution >= 0.6 is 12.0 Å². The largest absolute Gasteiger partial charge is 0.508 e. The number of aromatic amines is 1. The molecule has 0 saturated carbocycles. The van der Waals surface area contributed by atoms with Gasteiger partial charge in [-0.15, -0.1) is 0 Å². The lowest BCUT2D eigenvalue weighted by Gasteiger charge is -2.39. The van der Waals surface area contributed by atoms with E-state index in [4.69, 9.17) is 27.6 Å². The summed E-state index contributed by atoms with van der Waals surface area (Å²) in [6.07, 6.45) is -2.29. The molecule has 6 rings (SSSR count). The van der Waals surface area contributed by atoms with E-state index in [0.717, 1.165) is 16.7 Å². The van der Waals surface area contributed by atoms with Crippen LogP contribution < -0.4 is 11.2 Å². The number of rotatable bonds is 12. The van der Waals surface area contributed by atoms with Crippen molar-refractivity contribution in [1.29, 1.82) is 0 Å². The van der Waals surface area contributed by atoms with Crippen LogP contribution in [-0.2, 0) is 32.3 Å². The fourth-order valence-corrected chi connectivity index (χ4v) is 8.82. The summed E-state index contributed by atoms with van der Waals surface area (Å²) in [5, 5.41) is -0.102. The maximum absolute atomic E-state index is 13.3. The second-order valence-electron chi connectivity index (χ2n) is 15.0. The minimum atomic E-state index is -2.30. The van der Waals surface area contributed by atoms with Crippen LogP contribution in [0.4, 0.5) is 4.79 Å². The standard InChI is InChI=1S/C40H48N2O9SSi/c1-27-23-42(37(44)41-36(27)43)35-22-31(51-53(5,6)39(2,3)4)33(48-35)26-47-38(45)49-32-24-46-25-34(32)50-52-40(28-16-10-7-11-17-28,29-18-12-8-13-19-29)30-20-14-9-15-21-30/h7-21,23,31-35H,22,24-26H2,1-6H3,(H,41,43,44)/t31-,32?,33+,34?,35+/m0/s1. The van der Waals surface area contributed by atoms with Crippen molar-refractivity contribution < 1.29 is 32.4 Å². The molecule has 3 heterocycles. The summed E-state index contributed by atoms with van der Waals surface area (Å²) in [6.45, 7) is 12.5. The smallest absolute Gasteiger partial charge is 0.431 e. The first-order valence-corrected chi connectivity index (χ1v) is 21.5. The zero-order valence-electron chi connectivity index (χ0n) is 31.0. The lowest BCUT2D eigenvalue weighted by atomic mass is 9.84. The van der Waals surface area contributed by atoms with Gasteiger partial charge < -0.3 is 27.6 Å². The lowest BCUT2D eigenvalue weighted by Crippen LogP contribution is -2.46. The molecule has 0 radical (unpaired) electrons. The first kappa shape index (κ1) is 38.7. The molecule has 4 aromatic rings.